The maximum absolute atomic E-state index is 12.1. The lowest BCUT2D eigenvalue weighted by Crippen LogP contribution is -2.39. The average Bonchev–Trinajstić information content (AvgIpc) is 2.59. The second-order valence-electron chi connectivity index (χ2n) is 6.01. The summed E-state index contributed by atoms with van der Waals surface area (Å²) in [5.41, 5.74) is 1.94. The summed E-state index contributed by atoms with van der Waals surface area (Å²) in [5, 5.41) is 6.90. The highest BCUT2D eigenvalue weighted by molar-refractivity contribution is 6.30. The molecule has 0 aliphatic heterocycles. The molecule has 4 nitrogen and oxygen atoms in total. The first kappa shape index (κ1) is 19.3. The maximum atomic E-state index is 12.1. The average molecular weight is 361 g/mol. The summed E-state index contributed by atoms with van der Waals surface area (Å²) >= 11 is 5.98. The van der Waals surface area contributed by atoms with Crippen LogP contribution in [0, 0.1) is 0 Å². The van der Waals surface area contributed by atoms with Crippen molar-refractivity contribution in [2.24, 2.45) is 0 Å². The molecule has 1 atom stereocenters. The minimum absolute atomic E-state index is 0.0109. The zero-order valence-electron chi connectivity index (χ0n) is 14.7. The molecule has 0 aliphatic carbocycles. The van der Waals surface area contributed by atoms with E-state index in [0.29, 0.717) is 24.6 Å². The van der Waals surface area contributed by atoms with E-state index < -0.39 is 0 Å². The lowest BCUT2D eigenvalue weighted by atomic mass is 10.1. The molecule has 0 spiro atoms. The van der Waals surface area contributed by atoms with Gasteiger partial charge >= 0.3 is 0 Å². The van der Waals surface area contributed by atoms with Crippen LogP contribution >= 0.6 is 11.6 Å². The highest BCUT2D eigenvalue weighted by Crippen LogP contribution is 2.17. The molecule has 0 aliphatic rings. The summed E-state index contributed by atoms with van der Waals surface area (Å²) in [7, 11) is 0. The van der Waals surface area contributed by atoms with Crippen molar-refractivity contribution in [2.75, 3.05) is 13.1 Å². The number of benzene rings is 2. The van der Waals surface area contributed by atoms with Gasteiger partial charge in [0.05, 0.1) is 6.42 Å². The van der Waals surface area contributed by atoms with E-state index in [1.807, 2.05) is 62.4 Å². The largest absolute Gasteiger partial charge is 0.489 e. The molecule has 2 aromatic carbocycles. The van der Waals surface area contributed by atoms with Gasteiger partial charge in [0.15, 0.2) is 0 Å². The van der Waals surface area contributed by atoms with E-state index in [1.165, 1.54) is 0 Å². The Morgan fingerprint density at radius 3 is 2.68 bits per heavy atom. The number of ether oxygens (including phenoxy) is 1. The highest BCUT2D eigenvalue weighted by atomic mass is 35.5. The topological polar surface area (TPSA) is 50.4 Å². The smallest absolute Gasteiger partial charge is 0.224 e. The number of hydrogen-bond donors (Lipinski definition) is 2. The minimum Gasteiger partial charge on any atom is -0.489 e. The lowest BCUT2D eigenvalue weighted by Gasteiger charge is -2.13. The molecule has 0 fully saturated rings. The van der Waals surface area contributed by atoms with Gasteiger partial charge in [0.25, 0.3) is 0 Å². The Bertz CT molecular complexity index is 691. The molecule has 0 saturated carbocycles. The van der Waals surface area contributed by atoms with Gasteiger partial charge in [-0.05, 0) is 48.9 Å². The molecule has 2 rings (SSSR count). The van der Waals surface area contributed by atoms with Crippen LogP contribution in [-0.2, 0) is 17.8 Å². The first-order valence-corrected chi connectivity index (χ1v) is 8.91. The Morgan fingerprint density at radius 1 is 1.16 bits per heavy atom. The molecular weight excluding hydrogens is 336 g/mol. The van der Waals surface area contributed by atoms with Crippen LogP contribution in [0.5, 0.6) is 5.75 Å². The van der Waals surface area contributed by atoms with E-state index in [9.17, 15) is 4.79 Å². The molecule has 0 saturated heterocycles. The molecule has 2 aromatic rings. The van der Waals surface area contributed by atoms with Crippen LogP contribution in [0.15, 0.2) is 48.5 Å². The normalized spacial score (nSPS) is 11.8. The predicted molar refractivity (Wildman–Crippen MR) is 102 cm³/mol. The third-order valence-electron chi connectivity index (χ3n) is 3.72. The van der Waals surface area contributed by atoms with E-state index in [-0.39, 0.29) is 11.9 Å². The zero-order chi connectivity index (χ0) is 18.1. The molecule has 0 unspecified atom stereocenters. The highest BCUT2D eigenvalue weighted by Gasteiger charge is 2.07. The first-order valence-electron chi connectivity index (χ1n) is 8.53. The standard InChI is InChI=1S/C20H25ClN2O2/c1-3-22-15(2)13-23-20(24)12-16-6-5-9-19(11-16)25-14-17-7-4-8-18(21)10-17/h4-11,15,22H,3,12-14H2,1-2H3,(H,23,24)/t15-/m1/s1. The number of hydrogen-bond acceptors (Lipinski definition) is 3. The number of amides is 1. The van der Waals surface area contributed by atoms with Crippen molar-refractivity contribution in [2.45, 2.75) is 32.9 Å². The van der Waals surface area contributed by atoms with Gasteiger partial charge in [0.2, 0.25) is 5.91 Å². The van der Waals surface area contributed by atoms with Crippen LogP contribution in [0.2, 0.25) is 5.02 Å². The molecule has 1 amide bonds. The van der Waals surface area contributed by atoms with E-state index in [2.05, 4.69) is 10.6 Å². The third kappa shape index (κ3) is 7.16. The van der Waals surface area contributed by atoms with Crippen molar-refractivity contribution in [3.63, 3.8) is 0 Å². The van der Waals surface area contributed by atoms with Crippen molar-refractivity contribution in [1.82, 2.24) is 10.6 Å². The molecule has 134 valence electrons. The summed E-state index contributed by atoms with van der Waals surface area (Å²) in [5.74, 6) is 0.753. The number of nitrogens with one attached hydrogen (secondary N) is 2. The third-order valence-corrected chi connectivity index (χ3v) is 3.95. The van der Waals surface area contributed by atoms with Crippen molar-refractivity contribution < 1.29 is 9.53 Å². The molecule has 0 heterocycles. The summed E-state index contributed by atoms with van der Waals surface area (Å²) in [6.45, 7) is 6.05. The summed E-state index contributed by atoms with van der Waals surface area (Å²) in [4.78, 5) is 12.1. The molecular formula is C20H25ClN2O2. The van der Waals surface area contributed by atoms with Crippen molar-refractivity contribution >= 4 is 17.5 Å². The van der Waals surface area contributed by atoms with Crippen molar-refractivity contribution in [3.05, 3.63) is 64.7 Å². The molecule has 5 heteroatoms. The summed E-state index contributed by atoms with van der Waals surface area (Å²) in [6.07, 6.45) is 0.340. The molecule has 2 N–H and O–H groups in total. The van der Waals surface area contributed by atoms with E-state index in [1.54, 1.807) is 0 Å². The fourth-order valence-electron chi connectivity index (χ4n) is 2.47. The van der Waals surface area contributed by atoms with Gasteiger partial charge in [-0.3, -0.25) is 4.79 Å². The molecule has 0 bridgehead atoms. The maximum Gasteiger partial charge on any atom is 0.224 e. The Labute approximate surface area is 154 Å². The number of rotatable bonds is 9. The Balaban J connectivity index is 1.84. The van der Waals surface area contributed by atoms with Crippen molar-refractivity contribution in [1.29, 1.82) is 0 Å². The minimum atomic E-state index is 0.0109. The van der Waals surface area contributed by atoms with E-state index in [0.717, 1.165) is 23.4 Å². The molecule has 25 heavy (non-hydrogen) atoms. The van der Waals surface area contributed by atoms with Crippen LogP contribution in [0.25, 0.3) is 0 Å². The lowest BCUT2D eigenvalue weighted by molar-refractivity contribution is -0.120. The quantitative estimate of drug-likeness (QED) is 0.718. The summed E-state index contributed by atoms with van der Waals surface area (Å²) < 4.78 is 5.80. The Kier molecular flexibility index (Phi) is 7.76. The van der Waals surface area contributed by atoms with Gasteiger partial charge in [0.1, 0.15) is 12.4 Å². The molecule has 0 radical (unpaired) electrons. The predicted octanol–water partition coefficient (Wildman–Crippen LogP) is 3.58. The Hall–Kier alpha value is -2.04. The number of likely N-dealkylation sites (N-methyl/N-ethyl adjacent to an activating group) is 1. The first-order chi connectivity index (χ1) is 12.1. The van der Waals surface area contributed by atoms with Crippen LogP contribution in [-0.4, -0.2) is 25.0 Å². The van der Waals surface area contributed by atoms with Crippen LogP contribution in [0.3, 0.4) is 0 Å². The van der Waals surface area contributed by atoms with Gasteiger partial charge in [-0.15, -0.1) is 0 Å². The monoisotopic (exact) mass is 360 g/mol. The fraction of sp³-hybridized carbons (Fsp3) is 0.350. The second-order valence-corrected chi connectivity index (χ2v) is 6.44. The number of carbonyl (C=O) groups excluding carboxylic acids is 1. The summed E-state index contributed by atoms with van der Waals surface area (Å²) in [6, 6.07) is 15.5. The van der Waals surface area contributed by atoms with Gasteiger partial charge in [-0.1, -0.05) is 42.8 Å². The van der Waals surface area contributed by atoms with Crippen LogP contribution in [0.4, 0.5) is 0 Å². The number of halogens is 1. The van der Waals surface area contributed by atoms with Crippen LogP contribution in [0.1, 0.15) is 25.0 Å². The van der Waals surface area contributed by atoms with E-state index in [4.69, 9.17) is 16.3 Å². The Morgan fingerprint density at radius 2 is 1.92 bits per heavy atom. The van der Waals surface area contributed by atoms with Gasteiger partial charge in [0, 0.05) is 17.6 Å². The molecule has 0 aromatic heterocycles. The number of carbonyl (C=O) groups is 1. The van der Waals surface area contributed by atoms with E-state index >= 15 is 0 Å². The van der Waals surface area contributed by atoms with Gasteiger partial charge < -0.3 is 15.4 Å². The second kappa shape index (κ2) is 10.1. The fourth-order valence-corrected chi connectivity index (χ4v) is 2.69. The van der Waals surface area contributed by atoms with Crippen molar-refractivity contribution in [3.8, 4) is 5.75 Å². The van der Waals surface area contributed by atoms with Gasteiger partial charge in [-0.2, -0.15) is 0 Å². The van der Waals surface area contributed by atoms with Crippen LogP contribution < -0.4 is 15.4 Å². The van der Waals surface area contributed by atoms with Gasteiger partial charge in [-0.25, -0.2) is 0 Å². The zero-order valence-corrected chi connectivity index (χ0v) is 15.5. The SMILES string of the molecule is CCN[C@H](C)CNC(=O)Cc1cccc(OCc2cccc(Cl)c2)c1.